The summed E-state index contributed by atoms with van der Waals surface area (Å²) >= 11 is 0. The number of benzene rings is 2. The van der Waals surface area contributed by atoms with Gasteiger partial charge in [-0.05, 0) is 127 Å². The zero-order valence-electron chi connectivity index (χ0n) is 75.2. The van der Waals surface area contributed by atoms with Crippen molar-refractivity contribution in [1.29, 1.82) is 0 Å². The molecule has 0 aliphatic rings. The van der Waals surface area contributed by atoms with Gasteiger partial charge in [0, 0.05) is 0 Å². The fourth-order valence-corrected chi connectivity index (χ4v) is 16.0. The third kappa shape index (κ3) is 69.5. The van der Waals surface area contributed by atoms with Crippen LogP contribution < -0.4 is 0 Å². The normalized spacial score (nSPS) is 11.8. The first kappa shape index (κ1) is 113. The summed E-state index contributed by atoms with van der Waals surface area (Å²) in [4.78, 5) is 50.5. The van der Waals surface area contributed by atoms with Gasteiger partial charge in [0.25, 0.3) is 0 Å². The van der Waals surface area contributed by atoms with Crippen LogP contribution in [0.15, 0.2) is 94.8 Å². The fraction of sp³-hybridized carbons (Fsp3) is 0.760. The number of rotatable bonds is 82. The number of ether oxygens (including phenoxy) is 4. The summed E-state index contributed by atoms with van der Waals surface area (Å²) in [5.74, 6) is -3.61. The Labute approximate surface area is 747 Å². The summed E-state index contributed by atoms with van der Waals surface area (Å²) in [6.45, 7) is 9.45. The van der Waals surface area contributed by atoms with E-state index in [1.54, 1.807) is 0 Å². The molecule has 2 aromatic rings. The molecule has 0 saturated heterocycles. The van der Waals surface area contributed by atoms with Crippen molar-refractivity contribution < 1.29 is 64.1 Å². The number of hydrogen-bond donors (Lipinski definition) is 0. The van der Waals surface area contributed by atoms with Crippen LogP contribution in [0.4, 0.5) is 0 Å². The van der Waals surface area contributed by atoms with Crippen LogP contribution in [0.5, 0.6) is 0 Å². The Morgan fingerprint density at radius 1 is 0.239 bits per heavy atom. The van der Waals surface area contributed by atoms with Gasteiger partial charge in [0.2, 0.25) is 0 Å². The Morgan fingerprint density at radius 2 is 0.393 bits per heavy atom. The van der Waals surface area contributed by atoms with Crippen LogP contribution in [-0.2, 0) is 39.2 Å². The maximum Gasteiger partial charge on any atom is 2.00 e. The molecule has 0 aliphatic carbocycles. The smallest absolute Gasteiger partial charge is 0.744 e. The summed E-state index contributed by atoms with van der Waals surface area (Å²) in [6, 6.07) is 7.28. The molecule has 0 atom stereocenters. The van der Waals surface area contributed by atoms with Crippen molar-refractivity contribution in [3.05, 3.63) is 107 Å². The molecule has 0 bridgehead atoms. The second-order valence-electron chi connectivity index (χ2n) is 32.8. The molecule has 0 heterocycles. The minimum Gasteiger partial charge on any atom is -0.744 e. The van der Waals surface area contributed by atoms with Gasteiger partial charge >= 0.3 is 61.6 Å². The van der Waals surface area contributed by atoms with E-state index in [1.165, 1.54) is 358 Å². The molecule has 0 N–H and O–H groups in total. The number of hydrogen-bond acceptors (Lipinski definition) is 14. The summed E-state index contributed by atoms with van der Waals surface area (Å²) in [7, 11) is -10.0. The minimum absolute atomic E-state index is 0. The number of unbranched alkanes of at least 4 members (excludes halogenated alkanes) is 60. The maximum atomic E-state index is 13.0. The van der Waals surface area contributed by atoms with Crippen molar-refractivity contribution in [2.24, 2.45) is 0 Å². The summed E-state index contributed by atoms with van der Waals surface area (Å²) in [5, 5.41) is 0. The van der Waals surface area contributed by atoms with Gasteiger partial charge in [0.1, 0.15) is 20.2 Å². The molecule has 0 unspecified atom stereocenters. The SMILES string of the molecule is CCCC/C=C/CCCCCCCCCCCCCCCOC(=O)c1cccc(S(=O)(=O)[O-])c1C(=O)OCCCCCCCCCCCCCCC/C=C/CCCC.CCCC/C=C/CCCCCCCCCCCCCCCOC(=O)c1cccc(S(=O)(=O)[O-])c1C(=O)OCCCCCCCCCCCCCCC/C=C/CCCC.[Ca+2]. The van der Waals surface area contributed by atoms with Gasteiger partial charge in [0.05, 0.1) is 58.5 Å². The Bertz CT molecular complexity index is 2810. The van der Waals surface area contributed by atoms with E-state index in [4.69, 9.17) is 18.9 Å². The van der Waals surface area contributed by atoms with Crippen molar-refractivity contribution in [3.63, 3.8) is 0 Å². The number of carbonyl (C=O) groups excluding carboxylic acids is 4. The Hall–Kier alpha value is -3.64. The molecule has 0 fully saturated rings. The third-order valence-electron chi connectivity index (χ3n) is 22.0. The summed E-state index contributed by atoms with van der Waals surface area (Å²) in [6.07, 6.45) is 101. The van der Waals surface area contributed by atoms with Crippen molar-refractivity contribution >= 4 is 81.9 Å². The second-order valence-corrected chi connectivity index (χ2v) is 35.5. The van der Waals surface area contributed by atoms with E-state index < -0.39 is 65.0 Å². The average Bonchev–Trinajstić information content (AvgIpc) is 0.796. The van der Waals surface area contributed by atoms with Gasteiger partial charge in [-0.15, -0.1) is 0 Å². The van der Waals surface area contributed by atoms with Crippen molar-refractivity contribution in [2.45, 2.75) is 474 Å². The predicted octanol–water partition coefficient (Wildman–Crippen LogP) is 30.3. The van der Waals surface area contributed by atoms with E-state index in [1.807, 2.05) is 0 Å². The molecule has 0 aromatic heterocycles. The molecule has 14 nitrogen and oxygen atoms in total. The number of allylic oxidation sites excluding steroid dienone is 8. The van der Waals surface area contributed by atoms with Crippen LogP contribution in [0.25, 0.3) is 0 Å². The van der Waals surface area contributed by atoms with E-state index in [0.717, 1.165) is 89.2 Å². The van der Waals surface area contributed by atoms with Crippen LogP contribution in [-0.4, -0.2) is 114 Å². The van der Waals surface area contributed by atoms with Gasteiger partial charge in [-0.3, -0.25) is 0 Å². The van der Waals surface area contributed by atoms with Crippen molar-refractivity contribution in [3.8, 4) is 0 Å². The van der Waals surface area contributed by atoms with Gasteiger partial charge in [-0.25, -0.2) is 36.0 Å². The number of carbonyl (C=O) groups is 4. The molecular formula is C100H170CaO14S2. The molecule has 2 aromatic carbocycles. The monoisotopic (exact) mass is 1700 g/mol. The Morgan fingerprint density at radius 3 is 0.564 bits per heavy atom. The standard InChI is InChI=1S/2C50H86O7S.Ca/c2*1-3-5-7-9-11-13-15-17-19-21-23-25-27-29-31-33-35-37-39-44-56-49(51)46-42-41-43-47(58(53,54)55)48(46)50(52)57-45-40-38-36-34-32-30-28-26-24-22-20-18-16-14-12-10-8-6-4-2;/h2*9-12,41-43H,3-8,13-40,44-45H2,1-2H3,(H,53,54,55);/q;;+2/p-2/b2*11-9+,12-10+;. The Balaban J connectivity index is 0.00000228. The van der Waals surface area contributed by atoms with E-state index in [-0.39, 0.29) is 75.3 Å². The van der Waals surface area contributed by atoms with Gasteiger partial charge < -0.3 is 28.1 Å². The first-order chi connectivity index (χ1) is 56.6. The summed E-state index contributed by atoms with van der Waals surface area (Å²) in [5.41, 5.74) is -1.55. The van der Waals surface area contributed by atoms with Crippen LogP contribution in [0.1, 0.15) is 506 Å². The van der Waals surface area contributed by atoms with Crippen molar-refractivity contribution in [1.82, 2.24) is 0 Å². The fourth-order valence-electron chi connectivity index (χ4n) is 14.7. The zero-order valence-corrected chi connectivity index (χ0v) is 79.1. The molecular weight excluding hydrogens is 1530 g/mol. The van der Waals surface area contributed by atoms with Crippen molar-refractivity contribution in [2.75, 3.05) is 26.4 Å². The molecule has 0 radical (unpaired) electrons. The van der Waals surface area contributed by atoms with E-state index in [9.17, 15) is 45.1 Å². The number of esters is 4. The van der Waals surface area contributed by atoms with Crippen LogP contribution in [0, 0.1) is 0 Å². The molecule has 117 heavy (non-hydrogen) atoms. The van der Waals surface area contributed by atoms with Crippen LogP contribution in [0.3, 0.4) is 0 Å². The minimum atomic E-state index is -5.02. The summed E-state index contributed by atoms with van der Waals surface area (Å²) < 4.78 is 93.7. The maximum absolute atomic E-state index is 13.0. The average molecular weight is 1700 g/mol. The van der Waals surface area contributed by atoms with Crippen LogP contribution in [0.2, 0.25) is 0 Å². The third-order valence-corrected chi connectivity index (χ3v) is 23.8. The van der Waals surface area contributed by atoms with E-state index >= 15 is 0 Å². The first-order valence-corrected chi connectivity index (χ1v) is 50.9. The molecule has 17 heteroatoms. The largest absolute Gasteiger partial charge is 2.00 e. The first-order valence-electron chi connectivity index (χ1n) is 48.1. The Kier molecular flexibility index (Phi) is 81.9. The predicted molar refractivity (Wildman–Crippen MR) is 489 cm³/mol. The van der Waals surface area contributed by atoms with Gasteiger partial charge in [-0.2, -0.15) is 0 Å². The van der Waals surface area contributed by atoms with Gasteiger partial charge in [0.15, 0.2) is 0 Å². The van der Waals surface area contributed by atoms with Crippen LogP contribution >= 0.6 is 0 Å². The molecule has 0 saturated carbocycles. The molecule has 0 aliphatic heterocycles. The molecule has 668 valence electrons. The second kappa shape index (κ2) is 84.6. The topological polar surface area (TPSA) is 220 Å². The quantitative estimate of drug-likeness (QED) is 0.0150. The van der Waals surface area contributed by atoms with E-state index in [0.29, 0.717) is 25.7 Å². The molecule has 2 rings (SSSR count). The van der Waals surface area contributed by atoms with E-state index in [2.05, 4.69) is 76.3 Å². The van der Waals surface area contributed by atoms with Gasteiger partial charge in [-0.1, -0.05) is 422 Å². The molecule has 0 spiro atoms. The zero-order chi connectivity index (χ0) is 84.4. The molecule has 0 amide bonds.